The highest BCUT2D eigenvalue weighted by Gasteiger charge is 2.57. The second-order valence-corrected chi connectivity index (χ2v) is 8.45. The van der Waals surface area contributed by atoms with E-state index >= 15 is 0 Å². The Balaban J connectivity index is 1.79. The molecule has 0 aliphatic carbocycles. The van der Waals surface area contributed by atoms with Crippen LogP contribution >= 0.6 is 0 Å². The number of carbonyl (C=O) groups excluding carboxylic acids is 2. The molecule has 154 valence electrons. The number of aryl methyl sites for hydroxylation is 1. The van der Waals surface area contributed by atoms with Crippen molar-refractivity contribution in [1.29, 1.82) is 0 Å². The molecule has 1 aromatic heterocycles. The third-order valence-electron chi connectivity index (χ3n) is 5.47. The maximum atomic E-state index is 13.4. The fraction of sp³-hybridized carbons (Fsp3) is 0.700. The summed E-state index contributed by atoms with van der Waals surface area (Å²) in [7, 11) is 0. The zero-order valence-corrected chi connectivity index (χ0v) is 17.6. The van der Waals surface area contributed by atoms with Crippen LogP contribution in [0, 0.1) is 12.8 Å². The maximum absolute atomic E-state index is 13.4. The number of rotatable bonds is 6. The van der Waals surface area contributed by atoms with E-state index in [2.05, 4.69) is 30.1 Å². The van der Waals surface area contributed by atoms with Gasteiger partial charge in [-0.15, -0.1) is 0 Å². The second kappa shape index (κ2) is 7.93. The van der Waals surface area contributed by atoms with Gasteiger partial charge in [0.05, 0.1) is 0 Å². The number of hydrogen-bond acceptors (Lipinski definition) is 6. The van der Waals surface area contributed by atoms with Gasteiger partial charge in [0.1, 0.15) is 5.54 Å². The van der Waals surface area contributed by atoms with Crippen molar-refractivity contribution in [2.45, 2.75) is 59.4 Å². The summed E-state index contributed by atoms with van der Waals surface area (Å²) in [6.45, 7) is 12.2. The first kappa shape index (κ1) is 20.4. The number of nitrogens with zero attached hydrogens (tertiary/aromatic N) is 5. The predicted molar refractivity (Wildman–Crippen MR) is 106 cm³/mol. The van der Waals surface area contributed by atoms with E-state index in [-0.39, 0.29) is 11.9 Å². The summed E-state index contributed by atoms with van der Waals surface area (Å²) in [5, 5.41) is 3.99. The molecule has 0 radical (unpaired) electrons. The standard InChI is InChI=1S/C20H31N5O3/c1-14(2)7-6-10-24-17(26)20(25(19(24)27)13-15(3)4)8-11-23(12-9-20)18-21-16(5)28-22-18/h7,15H,6,8-13H2,1-5H3. The summed E-state index contributed by atoms with van der Waals surface area (Å²) in [6.07, 6.45) is 3.92. The number of aromatic nitrogens is 2. The molecule has 1 spiro atoms. The van der Waals surface area contributed by atoms with E-state index in [0.29, 0.717) is 63.2 Å². The Morgan fingerprint density at radius 2 is 1.93 bits per heavy atom. The van der Waals surface area contributed by atoms with E-state index in [4.69, 9.17) is 4.52 Å². The molecule has 8 nitrogen and oxygen atoms in total. The number of urea groups is 1. The largest absolute Gasteiger partial charge is 0.338 e. The minimum Gasteiger partial charge on any atom is -0.338 e. The summed E-state index contributed by atoms with van der Waals surface area (Å²) < 4.78 is 5.08. The van der Waals surface area contributed by atoms with Crippen LogP contribution in [0.15, 0.2) is 16.2 Å². The Morgan fingerprint density at radius 3 is 2.46 bits per heavy atom. The van der Waals surface area contributed by atoms with Crippen molar-refractivity contribution in [2.75, 3.05) is 31.1 Å². The third-order valence-corrected chi connectivity index (χ3v) is 5.47. The fourth-order valence-electron chi connectivity index (χ4n) is 4.06. The lowest BCUT2D eigenvalue weighted by Crippen LogP contribution is -2.57. The molecule has 0 unspecified atom stereocenters. The van der Waals surface area contributed by atoms with Gasteiger partial charge in [-0.25, -0.2) is 4.79 Å². The Labute approximate surface area is 166 Å². The average molecular weight is 390 g/mol. The van der Waals surface area contributed by atoms with Crippen molar-refractivity contribution in [1.82, 2.24) is 19.9 Å². The van der Waals surface area contributed by atoms with Crippen molar-refractivity contribution in [3.8, 4) is 0 Å². The van der Waals surface area contributed by atoms with Crippen molar-refractivity contribution < 1.29 is 14.1 Å². The third kappa shape index (κ3) is 3.77. The van der Waals surface area contributed by atoms with Gasteiger partial charge in [0.25, 0.3) is 11.9 Å². The first-order chi connectivity index (χ1) is 13.2. The lowest BCUT2D eigenvalue weighted by atomic mass is 9.85. The van der Waals surface area contributed by atoms with Gasteiger partial charge >= 0.3 is 6.03 Å². The molecule has 1 aromatic rings. The zero-order valence-electron chi connectivity index (χ0n) is 17.6. The number of anilines is 1. The lowest BCUT2D eigenvalue weighted by Gasteiger charge is -2.42. The van der Waals surface area contributed by atoms with Crippen LogP contribution < -0.4 is 4.90 Å². The molecule has 8 heteroatoms. The zero-order chi connectivity index (χ0) is 20.5. The Morgan fingerprint density at radius 1 is 1.25 bits per heavy atom. The highest BCUT2D eigenvalue weighted by atomic mass is 16.5. The van der Waals surface area contributed by atoms with Crippen molar-refractivity contribution in [3.63, 3.8) is 0 Å². The summed E-state index contributed by atoms with van der Waals surface area (Å²) >= 11 is 0. The van der Waals surface area contributed by atoms with Crippen LogP contribution in [0.5, 0.6) is 0 Å². The molecule has 2 aliphatic rings. The molecule has 0 N–H and O–H groups in total. The summed E-state index contributed by atoms with van der Waals surface area (Å²) in [5.74, 6) is 1.32. The van der Waals surface area contributed by atoms with E-state index in [1.807, 2.05) is 23.6 Å². The molecule has 2 saturated heterocycles. The number of imide groups is 1. The normalized spacial score (nSPS) is 19.3. The van der Waals surface area contributed by atoms with Crippen LogP contribution in [0.1, 0.15) is 52.8 Å². The van der Waals surface area contributed by atoms with Crippen LogP contribution in [-0.2, 0) is 4.79 Å². The van der Waals surface area contributed by atoms with Crippen LogP contribution in [0.3, 0.4) is 0 Å². The first-order valence-electron chi connectivity index (χ1n) is 10.1. The van der Waals surface area contributed by atoms with Crippen molar-refractivity contribution in [3.05, 3.63) is 17.5 Å². The monoisotopic (exact) mass is 389 g/mol. The van der Waals surface area contributed by atoms with Gasteiger partial charge in [-0.3, -0.25) is 9.69 Å². The molecular formula is C20H31N5O3. The van der Waals surface area contributed by atoms with Gasteiger partial charge in [0.2, 0.25) is 5.89 Å². The van der Waals surface area contributed by atoms with Crippen molar-refractivity contribution >= 4 is 17.9 Å². The van der Waals surface area contributed by atoms with E-state index in [0.717, 1.165) is 0 Å². The summed E-state index contributed by atoms with van der Waals surface area (Å²) in [5.41, 5.74) is 0.443. The molecule has 0 bridgehead atoms. The highest BCUT2D eigenvalue weighted by molar-refractivity contribution is 6.07. The summed E-state index contributed by atoms with van der Waals surface area (Å²) in [6, 6.07) is -0.148. The Hall–Kier alpha value is -2.38. The molecule has 3 heterocycles. The van der Waals surface area contributed by atoms with Gasteiger partial charge in [-0.1, -0.05) is 25.5 Å². The summed E-state index contributed by atoms with van der Waals surface area (Å²) in [4.78, 5) is 36.1. The molecule has 28 heavy (non-hydrogen) atoms. The number of carbonyl (C=O) groups is 2. The molecule has 3 rings (SSSR count). The van der Waals surface area contributed by atoms with E-state index in [9.17, 15) is 9.59 Å². The minimum absolute atomic E-state index is 0.0516. The minimum atomic E-state index is -0.748. The lowest BCUT2D eigenvalue weighted by molar-refractivity contribution is -0.134. The van der Waals surface area contributed by atoms with Crippen LogP contribution in [0.4, 0.5) is 10.7 Å². The molecule has 0 saturated carbocycles. The highest BCUT2D eigenvalue weighted by Crippen LogP contribution is 2.38. The average Bonchev–Trinajstić information content (AvgIpc) is 3.14. The number of allylic oxidation sites excluding steroid dienone is 1. The molecule has 2 aliphatic heterocycles. The molecule has 0 aromatic carbocycles. The van der Waals surface area contributed by atoms with E-state index in [1.165, 1.54) is 10.5 Å². The SMILES string of the molecule is CC(C)=CCCN1C(=O)N(CC(C)C)C2(CCN(c3noc(C)n3)CC2)C1=O. The van der Waals surface area contributed by atoms with Crippen LogP contribution in [0.2, 0.25) is 0 Å². The quantitative estimate of drug-likeness (QED) is 0.549. The number of hydrogen-bond donors (Lipinski definition) is 0. The van der Waals surface area contributed by atoms with E-state index in [1.54, 1.807) is 6.92 Å². The molecular weight excluding hydrogens is 358 g/mol. The van der Waals surface area contributed by atoms with Crippen molar-refractivity contribution in [2.24, 2.45) is 5.92 Å². The van der Waals surface area contributed by atoms with Gasteiger partial charge in [0.15, 0.2) is 0 Å². The second-order valence-electron chi connectivity index (χ2n) is 8.45. The van der Waals surface area contributed by atoms with Crippen LogP contribution in [0.25, 0.3) is 0 Å². The Bertz CT molecular complexity index is 758. The first-order valence-corrected chi connectivity index (χ1v) is 10.1. The predicted octanol–water partition coefficient (Wildman–Crippen LogP) is 2.99. The van der Waals surface area contributed by atoms with Gasteiger partial charge in [0, 0.05) is 33.1 Å². The van der Waals surface area contributed by atoms with Crippen LogP contribution in [-0.4, -0.2) is 63.6 Å². The fourth-order valence-corrected chi connectivity index (χ4v) is 4.06. The van der Waals surface area contributed by atoms with E-state index < -0.39 is 5.54 Å². The number of amides is 3. The maximum Gasteiger partial charge on any atom is 0.327 e. The van der Waals surface area contributed by atoms with Gasteiger partial charge < -0.3 is 14.3 Å². The van der Waals surface area contributed by atoms with Gasteiger partial charge in [-0.05, 0) is 44.2 Å². The molecule has 0 atom stereocenters. The molecule has 3 amide bonds. The topological polar surface area (TPSA) is 82.8 Å². The van der Waals surface area contributed by atoms with Gasteiger partial charge in [-0.2, -0.15) is 4.98 Å². The Kier molecular flexibility index (Phi) is 5.76. The number of piperidine rings is 1. The smallest absolute Gasteiger partial charge is 0.327 e. The molecule has 2 fully saturated rings.